The maximum absolute atomic E-state index is 6.35. The number of hydrogen-bond donors (Lipinski definition) is 0. The predicted molar refractivity (Wildman–Crippen MR) is 148 cm³/mol. The van der Waals surface area contributed by atoms with Crippen molar-refractivity contribution in [3.8, 4) is 28.6 Å². The zero-order chi connectivity index (χ0) is 26.6. The molecule has 0 aliphatic carbocycles. The molecule has 0 atom stereocenters. The van der Waals surface area contributed by atoms with Crippen molar-refractivity contribution in [2.24, 2.45) is 7.05 Å². The van der Waals surface area contributed by atoms with Crippen LogP contribution in [0.15, 0.2) is 66.9 Å². The van der Waals surface area contributed by atoms with E-state index in [0.717, 1.165) is 45.1 Å². The van der Waals surface area contributed by atoms with E-state index in [0.29, 0.717) is 11.5 Å². The van der Waals surface area contributed by atoms with Gasteiger partial charge in [-0.2, -0.15) is 12.1 Å². The van der Waals surface area contributed by atoms with Crippen LogP contribution in [0.2, 0.25) is 0 Å². The number of rotatable bonds is 4. The molecular weight excluding hydrogens is 665 g/mol. The van der Waals surface area contributed by atoms with Crippen molar-refractivity contribution in [3.63, 3.8) is 0 Å². The first kappa shape index (κ1) is 26.8. The molecule has 0 saturated carbocycles. The molecule has 6 nitrogen and oxygen atoms in total. The molecular formula is C32H29N5OPt-2. The van der Waals surface area contributed by atoms with Crippen molar-refractivity contribution in [2.45, 2.75) is 40.0 Å². The van der Waals surface area contributed by atoms with E-state index >= 15 is 0 Å². The molecule has 0 unspecified atom stereocenters. The summed E-state index contributed by atoms with van der Waals surface area (Å²) >= 11 is 0. The number of fused-ring (bicyclic) bond motifs is 2. The number of hydrogen-bond acceptors (Lipinski definition) is 3. The molecule has 0 N–H and O–H groups in total. The van der Waals surface area contributed by atoms with Crippen molar-refractivity contribution in [3.05, 3.63) is 102 Å². The first-order chi connectivity index (χ1) is 18.2. The minimum Gasteiger partial charge on any atom is -0.510 e. The summed E-state index contributed by atoms with van der Waals surface area (Å²) in [7, 11) is 1.99. The van der Waals surface area contributed by atoms with Gasteiger partial charge in [0.05, 0.1) is 29.4 Å². The Balaban J connectivity index is 0.00000308. The maximum atomic E-state index is 6.35. The average molecular weight is 695 g/mol. The van der Waals surface area contributed by atoms with Gasteiger partial charge in [0.2, 0.25) is 6.33 Å². The SMILES string of the molecule is Cc1nc2cc(Oc3[c-]c(-[n+]4[c-]n(C)c5ccccc54)ccc3)[c-]c(-c3cc(C(C)(C)C)ccn3)n2c1C.[Pt]. The van der Waals surface area contributed by atoms with Crippen LogP contribution in [0.4, 0.5) is 0 Å². The van der Waals surface area contributed by atoms with Crippen LogP contribution in [0.5, 0.6) is 11.5 Å². The second kappa shape index (κ2) is 10.1. The molecule has 0 aliphatic heterocycles. The Morgan fingerprint density at radius 2 is 1.72 bits per heavy atom. The number of imidazole rings is 2. The van der Waals surface area contributed by atoms with Gasteiger partial charge in [0.1, 0.15) is 0 Å². The second-order valence-corrected chi connectivity index (χ2v) is 10.6. The molecule has 39 heavy (non-hydrogen) atoms. The summed E-state index contributed by atoms with van der Waals surface area (Å²) in [5, 5.41) is 0. The van der Waals surface area contributed by atoms with Gasteiger partial charge < -0.3 is 23.3 Å². The van der Waals surface area contributed by atoms with Gasteiger partial charge in [-0.25, -0.2) is 4.98 Å². The topological polar surface area (TPSA) is 48.2 Å². The Morgan fingerprint density at radius 3 is 2.51 bits per heavy atom. The zero-order valence-electron chi connectivity index (χ0n) is 22.8. The third kappa shape index (κ3) is 4.90. The number of benzene rings is 2. The van der Waals surface area contributed by atoms with Gasteiger partial charge in [0, 0.05) is 44.5 Å². The van der Waals surface area contributed by atoms with Gasteiger partial charge in [-0.3, -0.25) is 0 Å². The van der Waals surface area contributed by atoms with Crippen LogP contribution in [-0.2, 0) is 33.5 Å². The first-order valence-corrected chi connectivity index (χ1v) is 12.7. The summed E-state index contributed by atoms with van der Waals surface area (Å²) in [6.45, 7) is 10.7. The minimum atomic E-state index is -0.00346. The van der Waals surface area contributed by atoms with Crippen molar-refractivity contribution in [2.75, 3.05) is 0 Å². The van der Waals surface area contributed by atoms with E-state index in [9.17, 15) is 0 Å². The second-order valence-electron chi connectivity index (χ2n) is 10.6. The number of nitrogens with zero attached hydrogens (tertiary/aromatic N) is 5. The molecule has 0 bridgehead atoms. The molecule has 0 aliphatic rings. The fraction of sp³-hybridized carbons (Fsp3) is 0.219. The molecule has 0 amide bonds. The fourth-order valence-electron chi connectivity index (χ4n) is 4.72. The van der Waals surface area contributed by atoms with Crippen molar-refractivity contribution >= 4 is 16.7 Å². The molecule has 4 aromatic heterocycles. The van der Waals surface area contributed by atoms with Crippen molar-refractivity contribution in [1.82, 2.24) is 18.9 Å². The monoisotopic (exact) mass is 694 g/mol. The zero-order valence-corrected chi connectivity index (χ0v) is 25.1. The Morgan fingerprint density at radius 1 is 0.923 bits per heavy atom. The molecule has 0 spiro atoms. The average Bonchev–Trinajstić information content (AvgIpc) is 3.39. The van der Waals surface area contributed by atoms with Crippen LogP contribution in [0.1, 0.15) is 37.7 Å². The summed E-state index contributed by atoms with van der Waals surface area (Å²) in [4.78, 5) is 9.49. The maximum Gasteiger partial charge on any atom is 0.242 e. The first-order valence-electron chi connectivity index (χ1n) is 12.7. The molecule has 0 saturated heterocycles. The van der Waals surface area contributed by atoms with Gasteiger partial charge >= 0.3 is 0 Å². The van der Waals surface area contributed by atoms with Crippen LogP contribution < -0.4 is 9.30 Å². The quantitative estimate of drug-likeness (QED) is 0.162. The molecule has 4 heterocycles. The summed E-state index contributed by atoms with van der Waals surface area (Å²) < 4.78 is 12.4. The van der Waals surface area contributed by atoms with Crippen molar-refractivity contribution < 1.29 is 30.4 Å². The van der Waals surface area contributed by atoms with Gasteiger partial charge in [-0.15, -0.1) is 18.2 Å². The molecule has 2 aromatic carbocycles. The van der Waals surface area contributed by atoms with Crippen LogP contribution in [-0.4, -0.2) is 18.9 Å². The van der Waals surface area contributed by atoms with E-state index in [1.807, 2.05) is 65.7 Å². The number of ether oxygens (including phenoxy) is 1. The molecule has 7 heteroatoms. The van der Waals surface area contributed by atoms with E-state index in [-0.39, 0.29) is 26.5 Å². The van der Waals surface area contributed by atoms with Crippen LogP contribution in [0, 0.1) is 32.3 Å². The molecule has 0 radical (unpaired) electrons. The minimum absolute atomic E-state index is 0. The standard InChI is InChI=1S/C32H29N5O.Pt/c1-21-22(2)37-30(27-16-23(14-15-33-27)32(3,4)5)18-26(19-31(37)34-21)38-25-11-9-10-24(17-25)36-20-35(6)28-12-7-8-13-29(28)36;/h7-16,19H,1-6H3;/q-2;. The summed E-state index contributed by atoms with van der Waals surface area (Å²) in [6, 6.07) is 27.0. The Kier molecular flexibility index (Phi) is 6.94. The third-order valence-electron chi connectivity index (χ3n) is 6.91. The van der Waals surface area contributed by atoms with Crippen LogP contribution >= 0.6 is 0 Å². The normalized spacial score (nSPS) is 11.6. The van der Waals surface area contributed by atoms with E-state index in [2.05, 4.69) is 74.8 Å². The Bertz CT molecular complexity index is 1830. The number of pyridine rings is 2. The largest absolute Gasteiger partial charge is 0.510 e. The molecule has 200 valence electrons. The van der Waals surface area contributed by atoms with E-state index in [4.69, 9.17) is 14.7 Å². The van der Waals surface area contributed by atoms with E-state index in [1.165, 1.54) is 5.56 Å². The molecule has 0 fully saturated rings. The fourth-order valence-corrected chi connectivity index (χ4v) is 4.72. The molecule has 6 rings (SSSR count). The number of aryl methyl sites for hydroxylation is 3. The Labute approximate surface area is 243 Å². The third-order valence-corrected chi connectivity index (χ3v) is 6.91. The van der Waals surface area contributed by atoms with Crippen LogP contribution in [0.25, 0.3) is 33.8 Å². The summed E-state index contributed by atoms with van der Waals surface area (Å²) in [6.07, 6.45) is 5.22. The summed E-state index contributed by atoms with van der Waals surface area (Å²) in [5.41, 5.74) is 8.62. The summed E-state index contributed by atoms with van der Waals surface area (Å²) in [5.74, 6) is 1.14. The predicted octanol–water partition coefficient (Wildman–Crippen LogP) is 6.27. The van der Waals surface area contributed by atoms with Gasteiger partial charge in [0.25, 0.3) is 0 Å². The smallest absolute Gasteiger partial charge is 0.242 e. The number of para-hydroxylation sites is 2. The van der Waals surface area contributed by atoms with Gasteiger partial charge in [0.15, 0.2) is 0 Å². The van der Waals surface area contributed by atoms with Crippen molar-refractivity contribution in [1.29, 1.82) is 0 Å². The van der Waals surface area contributed by atoms with E-state index < -0.39 is 0 Å². The van der Waals surface area contributed by atoms with Gasteiger partial charge in [-0.05, 0) is 36.7 Å². The van der Waals surface area contributed by atoms with Crippen LogP contribution in [0.3, 0.4) is 0 Å². The van der Waals surface area contributed by atoms with Gasteiger partial charge in [-0.1, -0.05) is 68.4 Å². The Hall–Kier alpha value is -3.76. The molecule has 6 aromatic rings. The number of aromatic nitrogens is 5. The van der Waals surface area contributed by atoms with E-state index in [1.54, 1.807) is 0 Å².